The van der Waals surface area contributed by atoms with Gasteiger partial charge in [0.1, 0.15) is 0 Å². The first-order chi connectivity index (χ1) is 28.7. The van der Waals surface area contributed by atoms with E-state index in [4.69, 9.17) is 29.9 Å². The molecule has 272 valence electrons. The number of anilines is 3. The lowest BCUT2D eigenvalue weighted by atomic mass is 9.70. The van der Waals surface area contributed by atoms with E-state index in [9.17, 15) is 0 Å². The highest BCUT2D eigenvalue weighted by Crippen LogP contribution is 2.63. The Bertz CT molecular complexity index is 2920. The molecule has 0 bridgehead atoms. The first-order valence-electron chi connectivity index (χ1n) is 19.3. The molecule has 0 fully saturated rings. The smallest absolute Gasteiger partial charge is 0.241 e. The lowest BCUT2D eigenvalue weighted by Crippen LogP contribution is -2.26. The molecule has 0 saturated carbocycles. The normalized spacial score (nSPS) is 12.7. The number of hydrogen-bond donors (Lipinski definition) is 0. The summed E-state index contributed by atoms with van der Waals surface area (Å²) >= 11 is 0. The molecule has 0 atom stereocenters. The van der Waals surface area contributed by atoms with Gasteiger partial charge in [-0.3, -0.25) is 0 Å². The van der Waals surface area contributed by atoms with Gasteiger partial charge in [-0.25, -0.2) is 14.9 Å². The lowest BCUT2D eigenvalue weighted by molar-refractivity contribution is 0.793. The quantitative estimate of drug-likeness (QED) is 0.161. The summed E-state index contributed by atoms with van der Waals surface area (Å²) in [5, 5.41) is 0. The maximum Gasteiger partial charge on any atom is 0.241 e. The Balaban J connectivity index is 1.22. The van der Waals surface area contributed by atoms with E-state index in [1.807, 2.05) is 95.9 Å². The fraction of sp³-hybridized carbons (Fsp3) is 0.0196. The molecule has 2 aliphatic rings. The molecule has 1 spiro atoms. The minimum atomic E-state index is -0.565. The monoisotopic (exact) mass is 743 g/mol. The molecule has 2 aliphatic carbocycles. The van der Waals surface area contributed by atoms with Gasteiger partial charge in [-0.15, -0.1) is 0 Å². The molecule has 0 unspecified atom stereocenters. The van der Waals surface area contributed by atoms with Crippen molar-refractivity contribution >= 4 is 23.7 Å². The second-order valence-electron chi connectivity index (χ2n) is 14.4. The SMILES string of the molecule is C=Cc1nc(-c2ccccc2)nc(N(c2ccc3c(c2)C2(c4ccccc4-c4ccccc42)c2ccccc2-3)c2nc(-c3ccccc3)nc(-c3ccccc3)n2)n1. The van der Waals surface area contributed by atoms with Crippen molar-refractivity contribution in [2.45, 2.75) is 5.41 Å². The van der Waals surface area contributed by atoms with Gasteiger partial charge in [-0.05, 0) is 62.7 Å². The van der Waals surface area contributed by atoms with E-state index < -0.39 is 5.41 Å². The van der Waals surface area contributed by atoms with E-state index in [0.29, 0.717) is 35.2 Å². The lowest BCUT2D eigenvalue weighted by Gasteiger charge is -2.31. The van der Waals surface area contributed by atoms with E-state index in [-0.39, 0.29) is 0 Å². The fourth-order valence-corrected chi connectivity index (χ4v) is 8.73. The standard InChI is InChI=1S/C51H33N7/c1-2-45-52-46(33-18-6-3-7-19-33)55-49(53-45)58(50-56-47(34-20-8-4-9-21-34)54-48(57-50)35-22-10-5-11-23-35)36-30-31-40-39-26-14-17-29-43(39)51(44(40)32-36)41-27-15-12-24-37(41)38-25-13-16-28-42(38)51/h2-32H,1H2. The van der Waals surface area contributed by atoms with Gasteiger partial charge in [0.25, 0.3) is 0 Å². The van der Waals surface area contributed by atoms with Crippen LogP contribution in [0.3, 0.4) is 0 Å². The number of nitrogens with zero attached hydrogens (tertiary/aromatic N) is 7. The Morgan fingerprint density at radius 2 is 0.776 bits per heavy atom. The predicted molar refractivity (Wildman–Crippen MR) is 231 cm³/mol. The molecule has 0 saturated heterocycles. The molecular weight excluding hydrogens is 711 g/mol. The van der Waals surface area contributed by atoms with Gasteiger partial charge >= 0.3 is 0 Å². The van der Waals surface area contributed by atoms with Crippen molar-refractivity contribution in [3.05, 3.63) is 217 Å². The summed E-state index contributed by atoms with van der Waals surface area (Å²) in [6, 6.07) is 62.9. The third kappa shape index (κ3) is 5.14. The zero-order valence-corrected chi connectivity index (χ0v) is 31.2. The molecule has 0 aliphatic heterocycles. The topological polar surface area (TPSA) is 80.6 Å². The molecule has 58 heavy (non-hydrogen) atoms. The van der Waals surface area contributed by atoms with Crippen molar-refractivity contribution in [1.29, 1.82) is 0 Å². The van der Waals surface area contributed by atoms with Crippen molar-refractivity contribution < 1.29 is 0 Å². The van der Waals surface area contributed by atoms with Crippen LogP contribution in [0.25, 0.3) is 62.5 Å². The van der Waals surface area contributed by atoms with Crippen molar-refractivity contribution in [3.63, 3.8) is 0 Å². The Labute approximate surface area is 335 Å². The fourth-order valence-electron chi connectivity index (χ4n) is 8.73. The Hall–Kier alpha value is -7.90. The van der Waals surface area contributed by atoms with E-state index in [1.165, 1.54) is 38.9 Å². The van der Waals surface area contributed by atoms with E-state index in [2.05, 4.69) is 97.6 Å². The summed E-state index contributed by atoms with van der Waals surface area (Å²) < 4.78 is 0. The highest BCUT2D eigenvalue weighted by Gasteiger charge is 2.51. The van der Waals surface area contributed by atoms with E-state index >= 15 is 0 Å². The van der Waals surface area contributed by atoms with Crippen molar-refractivity contribution in [2.24, 2.45) is 0 Å². The summed E-state index contributed by atoms with van der Waals surface area (Å²) in [5.41, 5.74) is 12.6. The molecule has 0 amide bonds. The van der Waals surface area contributed by atoms with Crippen LogP contribution in [0.5, 0.6) is 0 Å². The van der Waals surface area contributed by atoms with E-state index in [1.54, 1.807) is 6.08 Å². The maximum absolute atomic E-state index is 5.21. The summed E-state index contributed by atoms with van der Waals surface area (Å²) in [4.78, 5) is 32.3. The minimum absolute atomic E-state index is 0.352. The van der Waals surface area contributed by atoms with Crippen LogP contribution in [-0.4, -0.2) is 29.9 Å². The predicted octanol–water partition coefficient (Wildman–Crippen LogP) is 11.5. The Kier molecular flexibility index (Phi) is 7.72. The van der Waals surface area contributed by atoms with Crippen molar-refractivity contribution in [2.75, 3.05) is 4.90 Å². The molecule has 9 aromatic rings. The first-order valence-corrected chi connectivity index (χ1v) is 19.3. The van der Waals surface area contributed by atoms with Crippen LogP contribution in [0.15, 0.2) is 189 Å². The summed E-state index contributed by atoms with van der Waals surface area (Å²) in [6.07, 6.45) is 1.65. The van der Waals surface area contributed by atoms with Crippen molar-refractivity contribution in [1.82, 2.24) is 29.9 Å². The van der Waals surface area contributed by atoms with Crippen LogP contribution in [0.2, 0.25) is 0 Å². The third-order valence-electron chi connectivity index (χ3n) is 11.2. The molecule has 7 heteroatoms. The molecule has 2 heterocycles. The summed E-state index contributed by atoms with van der Waals surface area (Å²) in [7, 11) is 0. The Morgan fingerprint density at radius 1 is 0.379 bits per heavy atom. The van der Waals surface area contributed by atoms with Gasteiger partial charge in [-0.1, -0.05) is 176 Å². The summed E-state index contributed by atoms with van der Waals surface area (Å²) in [5.74, 6) is 2.71. The number of fused-ring (bicyclic) bond motifs is 10. The van der Waals surface area contributed by atoms with Crippen LogP contribution < -0.4 is 4.90 Å². The molecule has 0 radical (unpaired) electrons. The number of rotatable bonds is 7. The maximum atomic E-state index is 5.21. The third-order valence-corrected chi connectivity index (χ3v) is 11.2. The number of benzene rings is 7. The highest BCUT2D eigenvalue weighted by molar-refractivity contribution is 5.96. The largest absolute Gasteiger partial charge is 0.246 e. The zero-order chi connectivity index (χ0) is 38.6. The first kappa shape index (κ1) is 33.4. The molecule has 11 rings (SSSR count). The van der Waals surface area contributed by atoms with Crippen LogP contribution in [0.1, 0.15) is 28.1 Å². The highest BCUT2D eigenvalue weighted by atomic mass is 15.4. The number of aromatic nitrogens is 6. The van der Waals surface area contributed by atoms with Crippen molar-refractivity contribution in [3.8, 4) is 56.4 Å². The van der Waals surface area contributed by atoms with Crippen LogP contribution >= 0.6 is 0 Å². The molecule has 7 nitrogen and oxygen atoms in total. The number of hydrogen-bond acceptors (Lipinski definition) is 7. The second kappa shape index (κ2) is 13.4. The second-order valence-corrected chi connectivity index (χ2v) is 14.4. The average molecular weight is 744 g/mol. The molecule has 0 N–H and O–H groups in total. The van der Waals surface area contributed by atoms with Crippen LogP contribution in [0.4, 0.5) is 17.6 Å². The van der Waals surface area contributed by atoms with Gasteiger partial charge in [0, 0.05) is 16.7 Å². The van der Waals surface area contributed by atoms with Gasteiger partial charge in [0.2, 0.25) is 11.9 Å². The van der Waals surface area contributed by atoms with E-state index in [0.717, 1.165) is 27.9 Å². The molecule has 7 aromatic carbocycles. The minimum Gasteiger partial charge on any atom is -0.246 e. The Morgan fingerprint density at radius 3 is 1.24 bits per heavy atom. The molecular formula is C51H33N7. The zero-order valence-electron chi connectivity index (χ0n) is 31.2. The van der Waals surface area contributed by atoms with Gasteiger partial charge in [-0.2, -0.15) is 19.9 Å². The molecule has 2 aromatic heterocycles. The average Bonchev–Trinajstić information content (AvgIpc) is 3.77. The summed E-state index contributed by atoms with van der Waals surface area (Å²) in [6.45, 7) is 4.07. The van der Waals surface area contributed by atoms with Gasteiger partial charge in [0.05, 0.1) is 11.1 Å². The van der Waals surface area contributed by atoms with Crippen LogP contribution in [0, 0.1) is 0 Å². The van der Waals surface area contributed by atoms with Gasteiger partial charge in [0.15, 0.2) is 23.3 Å². The van der Waals surface area contributed by atoms with Gasteiger partial charge < -0.3 is 0 Å². The van der Waals surface area contributed by atoms with Crippen LogP contribution in [-0.2, 0) is 5.41 Å².